The molecular weight excluding hydrogens is 252 g/mol. The van der Waals surface area contributed by atoms with Crippen molar-refractivity contribution < 1.29 is 14.3 Å². The van der Waals surface area contributed by atoms with Crippen molar-refractivity contribution in [1.29, 1.82) is 0 Å². The van der Waals surface area contributed by atoms with Crippen LogP contribution in [0.3, 0.4) is 0 Å². The van der Waals surface area contributed by atoms with E-state index in [0.717, 1.165) is 5.56 Å². The summed E-state index contributed by atoms with van der Waals surface area (Å²) in [6, 6.07) is 7.45. The molecule has 1 fully saturated rings. The van der Waals surface area contributed by atoms with Crippen molar-refractivity contribution in [3.63, 3.8) is 0 Å². The van der Waals surface area contributed by atoms with Crippen LogP contribution in [0.2, 0.25) is 5.02 Å². The minimum Gasteiger partial charge on any atom is -0.469 e. The molecule has 18 heavy (non-hydrogen) atoms. The van der Waals surface area contributed by atoms with Gasteiger partial charge < -0.3 is 4.74 Å². The lowest BCUT2D eigenvalue weighted by Gasteiger charge is -2.29. The summed E-state index contributed by atoms with van der Waals surface area (Å²) in [5.41, 5.74) is 1.04. The fourth-order valence-corrected chi connectivity index (χ4v) is 2.64. The molecule has 1 aromatic carbocycles. The van der Waals surface area contributed by atoms with Crippen LogP contribution in [-0.2, 0) is 14.3 Å². The molecule has 1 aromatic rings. The first kappa shape index (κ1) is 13.1. The smallest absolute Gasteiger partial charge is 0.309 e. The van der Waals surface area contributed by atoms with Crippen LogP contribution in [0.1, 0.15) is 30.7 Å². The first-order chi connectivity index (χ1) is 8.61. The normalized spacial score (nSPS) is 23.8. The third-order valence-electron chi connectivity index (χ3n) is 3.47. The number of hydrogen-bond acceptors (Lipinski definition) is 3. The van der Waals surface area contributed by atoms with Crippen molar-refractivity contribution in [2.45, 2.75) is 25.2 Å². The SMILES string of the molecule is COC(=O)C1CC(=O)CCC1c1ccc(Cl)cc1. The van der Waals surface area contributed by atoms with E-state index in [2.05, 4.69) is 0 Å². The van der Waals surface area contributed by atoms with Gasteiger partial charge >= 0.3 is 5.97 Å². The lowest BCUT2D eigenvalue weighted by Crippen LogP contribution is -2.30. The van der Waals surface area contributed by atoms with E-state index >= 15 is 0 Å². The van der Waals surface area contributed by atoms with Crippen molar-refractivity contribution in [1.82, 2.24) is 0 Å². The Morgan fingerprint density at radius 1 is 1.33 bits per heavy atom. The fraction of sp³-hybridized carbons (Fsp3) is 0.429. The van der Waals surface area contributed by atoms with Crippen LogP contribution >= 0.6 is 11.6 Å². The Balaban J connectivity index is 2.25. The van der Waals surface area contributed by atoms with Crippen LogP contribution < -0.4 is 0 Å². The van der Waals surface area contributed by atoms with Crippen molar-refractivity contribution in [3.05, 3.63) is 34.9 Å². The number of methoxy groups -OCH3 is 1. The Morgan fingerprint density at radius 2 is 2.00 bits per heavy atom. The minimum absolute atomic E-state index is 0.0485. The number of benzene rings is 1. The molecule has 1 aliphatic rings. The van der Waals surface area contributed by atoms with Gasteiger partial charge in [-0.25, -0.2) is 0 Å². The van der Waals surface area contributed by atoms with E-state index in [-0.39, 0.29) is 30.0 Å². The molecule has 0 spiro atoms. The number of carbonyl (C=O) groups is 2. The van der Waals surface area contributed by atoms with Crippen LogP contribution in [0.25, 0.3) is 0 Å². The first-order valence-electron chi connectivity index (χ1n) is 5.97. The average Bonchev–Trinajstić information content (AvgIpc) is 2.39. The van der Waals surface area contributed by atoms with E-state index in [1.807, 2.05) is 24.3 Å². The van der Waals surface area contributed by atoms with Gasteiger partial charge in [-0.1, -0.05) is 23.7 Å². The number of hydrogen-bond donors (Lipinski definition) is 0. The molecule has 1 aliphatic carbocycles. The van der Waals surface area contributed by atoms with E-state index in [1.54, 1.807) is 0 Å². The fourth-order valence-electron chi connectivity index (χ4n) is 2.52. The number of ketones is 1. The Hall–Kier alpha value is -1.35. The standard InChI is InChI=1S/C14H15ClO3/c1-18-14(17)13-8-11(16)6-7-12(13)9-2-4-10(15)5-3-9/h2-5,12-13H,6-8H2,1H3. The topological polar surface area (TPSA) is 43.4 Å². The zero-order chi connectivity index (χ0) is 13.1. The van der Waals surface area contributed by atoms with Gasteiger partial charge in [0.15, 0.2) is 0 Å². The van der Waals surface area contributed by atoms with Crippen LogP contribution in [0, 0.1) is 5.92 Å². The highest BCUT2D eigenvalue weighted by Gasteiger charge is 2.36. The summed E-state index contributed by atoms with van der Waals surface area (Å²) in [6.07, 6.45) is 1.50. The van der Waals surface area contributed by atoms with E-state index in [1.165, 1.54) is 7.11 Å². The second-order valence-electron chi connectivity index (χ2n) is 4.57. The van der Waals surface area contributed by atoms with Crippen molar-refractivity contribution >= 4 is 23.4 Å². The van der Waals surface area contributed by atoms with Crippen molar-refractivity contribution in [2.75, 3.05) is 7.11 Å². The molecule has 0 aromatic heterocycles. The average molecular weight is 267 g/mol. The van der Waals surface area contributed by atoms with Gasteiger partial charge in [-0.15, -0.1) is 0 Å². The summed E-state index contributed by atoms with van der Waals surface area (Å²) in [6.45, 7) is 0. The highest BCUT2D eigenvalue weighted by Crippen LogP contribution is 2.37. The maximum atomic E-state index is 11.8. The Labute approximate surface area is 111 Å². The van der Waals surface area contributed by atoms with E-state index < -0.39 is 0 Å². The van der Waals surface area contributed by atoms with Gasteiger partial charge in [-0.2, -0.15) is 0 Å². The van der Waals surface area contributed by atoms with Crippen molar-refractivity contribution in [3.8, 4) is 0 Å². The maximum Gasteiger partial charge on any atom is 0.309 e. The molecule has 2 unspecified atom stereocenters. The Kier molecular flexibility index (Phi) is 4.02. The van der Waals surface area contributed by atoms with E-state index in [0.29, 0.717) is 17.9 Å². The molecule has 2 rings (SSSR count). The molecule has 0 amide bonds. The predicted molar refractivity (Wildman–Crippen MR) is 68.6 cm³/mol. The second-order valence-corrected chi connectivity index (χ2v) is 5.01. The highest BCUT2D eigenvalue weighted by molar-refractivity contribution is 6.30. The van der Waals surface area contributed by atoms with Gasteiger partial charge in [0.2, 0.25) is 0 Å². The second kappa shape index (κ2) is 5.53. The van der Waals surface area contributed by atoms with Crippen molar-refractivity contribution in [2.24, 2.45) is 5.92 Å². The van der Waals surface area contributed by atoms with Gasteiger partial charge in [-0.3, -0.25) is 9.59 Å². The molecule has 2 atom stereocenters. The summed E-state index contributed by atoms with van der Waals surface area (Å²) in [5.74, 6) is -0.483. The third kappa shape index (κ3) is 2.72. The van der Waals surface area contributed by atoms with E-state index in [4.69, 9.17) is 16.3 Å². The molecule has 4 heteroatoms. The Bertz CT molecular complexity index is 453. The quantitative estimate of drug-likeness (QED) is 0.773. The molecule has 96 valence electrons. The molecule has 3 nitrogen and oxygen atoms in total. The van der Waals surface area contributed by atoms with Gasteiger partial charge in [0.1, 0.15) is 5.78 Å². The largest absolute Gasteiger partial charge is 0.469 e. The number of Topliss-reactive ketones (excluding diaryl/α,β-unsaturated/α-hetero) is 1. The zero-order valence-electron chi connectivity index (χ0n) is 10.2. The first-order valence-corrected chi connectivity index (χ1v) is 6.34. The number of rotatable bonds is 2. The summed E-state index contributed by atoms with van der Waals surface area (Å²) in [7, 11) is 1.36. The number of ether oxygens (including phenoxy) is 1. The summed E-state index contributed by atoms with van der Waals surface area (Å²) in [4.78, 5) is 23.3. The molecule has 1 saturated carbocycles. The van der Waals surface area contributed by atoms with Crippen LogP contribution in [0.15, 0.2) is 24.3 Å². The maximum absolute atomic E-state index is 11.8. The van der Waals surface area contributed by atoms with Gasteiger partial charge in [0, 0.05) is 17.9 Å². The number of esters is 1. The highest BCUT2D eigenvalue weighted by atomic mass is 35.5. The lowest BCUT2D eigenvalue weighted by atomic mass is 9.75. The molecular formula is C14H15ClO3. The lowest BCUT2D eigenvalue weighted by molar-refractivity contribution is -0.149. The van der Waals surface area contributed by atoms with E-state index in [9.17, 15) is 9.59 Å². The third-order valence-corrected chi connectivity index (χ3v) is 3.72. The van der Waals surface area contributed by atoms with Gasteiger partial charge in [0.05, 0.1) is 13.0 Å². The molecule has 0 aliphatic heterocycles. The summed E-state index contributed by atoms with van der Waals surface area (Å²) >= 11 is 5.85. The molecule has 0 saturated heterocycles. The minimum atomic E-state index is -0.363. The molecule has 0 heterocycles. The Morgan fingerprint density at radius 3 is 2.61 bits per heavy atom. The molecule has 0 radical (unpaired) electrons. The van der Waals surface area contributed by atoms with Gasteiger partial charge in [-0.05, 0) is 30.0 Å². The summed E-state index contributed by atoms with van der Waals surface area (Å²) in [5, 5.41) is 0.667. The van der Waals surface area contributed by atoms with Crippen LogP contribution in [-0.4, -0.2) is 18.9 Å². The number of carbonyl (C=O) groups excluding carboxylic acids is 2. The monoisotopic (exact) mass is 266 g/mol. The van der Waals surface area contributed by atoms with Crippen LogP contribution in [0.5, 0.6) is 0 Å². The zero-order valence-corrected chi connectivity index (χ0v) is 10.9. The molecule has 0 N–H and O–H groups in total. The molecule has 0 bridgehead atoms. The predicted octanol–water partition coefficient (Wildman–Crippen LogP) is 2.97. The van der Waals surface area contributed by atoms with Crippen LogP contribution in [0.4, 0.5) is 0 Å². The number of halogens is 1. The van der Waals surface area contributed by atoms with Gasteiger partial charge in [0.25, 0.3) is 0 Å². The summed E-state index contributed by atoms with van der Waals surface area (Å²) < 4.78 is 4.80.